The number of hydrogen-bond acceptors (Lipinski definition) is 2. The normalized spacial score (nSPS) is 17.8. The molecule has 1 aromatic rings. The van der Waals surface area contributed by atoms with Crippen LogP contribution in [0.2, 0.25) is 0 Å². The van der Waals surface area contributed by atoms with E-state index >= 15 is 0 Å². The van der Waals surface area contributed by atoms with Crippen molar-refractivity contribution >= 4 is 17.5 Å². The molecule has 4 heteroatoms. The zero-order valence-corrected chi connectivity index (χ0v) is 14.3. The zero-order chi connectivity index (χ0) is 16.7. The molecule has 0 radical (unpaired) electrons. The van der Waals surface area contributed by atoms with Crippen LogP contribution in [0.4, 0.5) is 5.69 Å². The molecule has 1 aliphatic rings. The molecule has 1 saturated heterocycles. The largest absolute Gasteiger partial charge is 0.356 e. The van der Waals surface area contributed by atoms with Crippen molar-refractivity contribution in [3.05, 3.63) is 30.3 Å². The number of hydrogen-bond donors (Lipinski definition) is 1. The molecule has 23 heavy (non-hydrogen) atoms. The maximum atomic E-state index is 12.3. The van der Waals surface area contributed by atoms with Crippen LogP contribution in [-0.4, -0.2) is 24.9 Å². The van der Waals surface area contributed by atoms with Crippen LogP contribution < -0.4 is 10.2 Å². The predicted molar refractivity (Wildman–Crippen MR) is 93.2 cm³/mol. The van der Waals surface area contributed by atoms with E-state index in [0.29, 0.717) is 19.5 Å². The average Bonchev–Trinajstić information content (AvgIpc) is 2.94. The minimum atomic E-state index is 0.118. The molecule has 2 amide bonds. The Labute approximate surface area is 139 Å². The summed E-state index contributed by atoms with van der Waals surface area (Å²) in [5.74, 6) is 0.622. The first kappa shape index (κ1) is 17.5. The van der Waals surface area contributed by atoms with Gasteiger partial charge in [-0.1, -0.05) is 44.9 Å². The lowest BCUT2D eigenvalue weighted by molar-refractivity contribution is -0.125. The van der Waals surface area contributed by atoms with Gasteiger partial charge in [-0.05, 0) is 25.0 Å². The van der Waals surface area contributed by atoms with Gasteiger partial charge in [0.2, 0.25) is 11.8 Å². The second-order valence-corrected chi connectivity index (χ2v) is 6.43. The van der Waals surface area contributed by atoms with Crippen LogP contribution >= 0.6 is 0 Å². The summed E-state index contributed by atoms with van der Waals surface area (Å²) in [7, 11) is 0. The molecule has 0 saturated carbocycles. The van der Waals surface area contributed by atoms with Gasteiger partial charge in [0.1, 0.15) is 0 Å². The smallest absolute Gasteiger partial charge is 0.227 e. The third-order valence-corrected chi connectivity index (χ3v) is 4.48. The highest BCUT2D eigenvalue weighted by atomic mass is 16.2. The van der Waals surface area contributed by atoms with Crippen molar-refractivity contribution in [3.63, 3.8) is 0 Å². The second-order valence-electron chi connectivity index (χ2n) is 6.43. The Morgan fingerprint density at radius 2 is 1.87 bits per heavy atom. The van der Waals surface area contributed by atoms with Crippen LogP contribution in [-0.2, 0) is 9.59 Å². The van der Waals surface area contributed by atoms with Gasteiger partial charge in [-0.2, -0.15) is 0 Å². The molecule has 0 aromatic heterocycles. The van der Waals surface area contributed by atoms with Gasteiger partial charge in [0, 0.05) is 37.0 Å². The highest BCUT2D eigenvalue weighted by molar-refractivity contribution is 5.95. The molecule has 0 spiro atoms. The first-order valence-corrected chi connectivity index (χ1v) is 8.78. The molecule has 1 aromatic carbocycles. The molecule has 1 N–H and O–H groups in total. The number of benzene rings is 1. The van der Waals surface area contributed by atoms with E-state index in [9.17, 15) is 9.59 Å². The van der Waals surface area contributed by atoms with Crippen molar-refractivity contribution in [1.29, 1.82) is 0 Å². The van der Waals surface area contributed by atoms with Crippen molar-refractivity contribution in [1.82, 2.24) is 5.32 Å². The molecule has 0 bridgehead atoms. The summed E-state index contributed by atoms with van der Waals surface area (Å²) in [5, 5.41) is 3.07. The molecular weight excluding hydrogens is 288 g/mol. The van der Waals surface area contributed by atoms with Gasteiger partial charge in [0.05, 0.1) is 0 Å². The number of nitrogens with zero attached hydrogens (tertiary/aromatic N) is 1. The number of anilines is 1. The molecule has 1 fully saturated rings. The van der Waals surface area contributed by atoms with Crippen LogP contribution in [0.1, 0.15) is 46.0 Å². The summed E-state index contributed by atoms with van der Waals surface area (Å²) >= 11 is 0. The van der Waals surface area contributed by atoms with E-state index in [2.05, 4.69) is 19.2 Å². The van der Waals surface area contributed by atoms with E-state index in [-0.39, 0.29) is 23.7 Å². The Hall–Kier alpha value is -1.84. The molecule has 126 valence electrons. The molecule has 1 unspecified atom stereocenters. The van der Waals surface area contributed by atoms with Crippen LogP contribution in [0.3, 0.4) is 0 Å². The highest BCUT2D eigenvalue weighted by Crippen LogP contribution is 2.24. The number of amides is 2. The van der Waals surface area contributed by atoms with E-state index in [0.717, 1.165) is 31.4 Å². The average molecular weight is 316 g/mol. The molecular formula is C19H28N2O2. The van der Waals surface area contributed by atoms with Crippen molar-refractivity contribution in [2.45, 2.75) is 46.0 Å². The summed E-state index contributed by atoms with van der Waals surface area (Å²) in [6.45, 7) is 5.51. The van der Waals surface area contributed by atoms with Crippen LogP contribution in [0.5, 0.6) is 0 Å². The van der Waals surface area contributed by atoms with Gasteiger partial charge in [0.25, 0.3) is 0 Å². The Morgan fingerprint density at radius 3 is 2.48 bits per heavy atom. The van der Waals surface area contributed by atoms with E-state index in [1.807, 2.05) is 35.2 Å². The molecule has 1 aliphatic heterocycles. The van der Waals surface area contributed by atoms with Crippen LogP contribution in [0, 0.1) is 11.8 Å². The Bertz CT molecular complexity index is 509. The van der Waals surface area contributed by atoms with Crippen molar-refractivity contribution < 1.29 is 9.59 Å². The minimum Gasteiger partial charge on any atom is -0.356 e. The fourth-order valence-corrected chi connectivity index (χ4v) is 3.27. The summed E-state index contributed by atoms with van der Waals surface area (Å²) in [6, 6.07) is 9.74. The molecule has 1 heterocycles. The van der Waals surface area contributed by atoms with Gasteiger partial charge in [-0.15, -0.1) is 0 Å². The van der Waals surface area contributed by atoms with E-state index in [1.165, 1.54) is 0 Å². The van der Waals surface area contributed by atoms with E-state index in [1.54, 1.807) is 0 Å². The first-order valence-electron chi connectivity index (χ1n) is 8.78. The van der Waals surface area contributed by atoms with Crippen molar-refractivity contribution in [2.75, 3.05) is 18.0 Å². The zero-order valence-electron chi connectivity index (χ0n) is 14.3. The van der Waals surface area contributed by atoms with Crippen LogP contribution in [0.15, 0.2) is 30.3 Å². The lowest BCUT2D eigenvalue weighted by Gasteiger charge is -2.18. The van der Waals surface area contributed by atoms with Crippen LogP contribution in [0.25, 0.3) is 0 Å². The van der Waals surface area contributed by atoms with E-state index < -0.39 is 0 Å². The molecule has 0 aliphatic carbocycles. The third kappa shape index (κ3) is 4.81. The quantitative estimate of drug-likeness (QED) is 0.799. The second kappa shape index (κ2) is 8.70. The number of nitrogens with one attached hydrogen (secondary N) is 1. The monoisotopic (exact) mass is 316 g/mol. The number of para-hydroxylation sites is 1. The summed E-state index contributed by atoms with van der Waals surface area (Å²) in [4.78, 5) is 26.3. The maximum absolute atomic E-state index is 12.3. The molecule has 2 rings (SSSR count). The van der Waals surface area contributed by atoms with Gasteiger partial charge in [-0.3, -0.25) is 9.59 Å². The van der Waals surface area contributed by atoms with Gasteiger partial charge >= 0.3 is 0 Å². The number of carbonyl (C=O) groups excluding carboxylic acids is 2. The highest BCUT2D eigenvalue weighted by Gasteiger charge is 2.31. The minimum absolute atomic E-state index is 0.118. The van der Waals surface area contributed by atoms with Gasteiger partial charge in [0.15, 0.2) is 0 Å². The summed E-state index contributed by atoms with van der Waals surface area (Å²) in [5.41, 5.74) is 0.946. The Morgan fingerprint density at radius 1 is 1.22 bits per heavy atom. The van der Waals surface area contributed by atoms with E-state index in [4.69, 9.17) is 0 Å². The Kier molecular flexibility index (Phi) is 6.63. The first-order chi connectivity index (χ1) is 11.2. The number of carbonyl (C=O) groups is 2. The lowest BCUT2D eigenvalue weighted by Crippen LogP contribution is -2.35. The Balaban J connectivity index is 1.85. The standard InChI is InChI=1S/C19H28N2O2/c1-3-8-16(9-4-2)19(23)20-13-15-12-18(22)21(14-15)17-10-6-5-7-11-17/h5-7,10-11,15-16H,3-4,8-9,12-14H2,1-2H3,(H,20,23). The fraction of sp³-hybridized carbons (Fsp3) is 0.579. The fourth-order valence-electron chi connectivity index (χ4n) is 3.27. The third-order valence-electron chi connectivity index (χ3n) is 4.48. The molecule has 4 nitrogen and oxygen atoms in total. The lowest BCUT2D eigenvalue weighted by atomic mass is 9.97. The summed E-state index contributed by atoms with van der Waals surface area (Å²) in [6.07, 6.45) is 4.46. The van der Waals surface area contributed by atoms with Gasteiger partial charge < -0.3 is 10.2 Å². The topological polar surface area (TPSA) is 49.4 Å². The molecule has 1 atom stereocenters. The van der Waals surface area contributed by atoms with Crippen molar-refractivity contribution in [3.8, 4) is 0 Å². The van der Waals surface area contributed by atoms with Gasteiger partial charge in [-0.25, -0.2) is 0 Å². The predicted octanol–water partition coefficient (Wildman–Crippen LogP) is 3.37. The SMILES string of the molecule is CCCC(CCC)C(=O)NCC1CC(=O)N(c2ccccc2)C1. The summed E-state index contributed by atoms with van der Waals surface area (Å²) < 4.78 is 0. The maximum Gasteiger partial charge on any atom is 0.227 e. The van der Waals surface area contributed by atoms with Crippen molar-refractivity contribution in [2.24, 2.45) is 11.8 Å². The number of rotatable bonds is 8.